The van der Waals surface area contributed by atoms with Gasteiger partial charge in [-0.3, -0.25) is 9.69 Å². The van der Waals surface area contributed by atoms with Crippen molar-refractivity contribution < 1.29 is 9.90 Å². The summed E-state index contributed by atoms with van der Waals surface area (Å²) in [5.41, 5.74) is 0.869. The first-order valence-corrected chi connectivity index (χ1v) is 7.69. The van der Waals surface area contributed by atoms with Gasteiger partial charge in [0.1, 0.15) is 11.8 Å². The number of phenolic OH excluding ortho intramolecular Hbond substituents is 1. The molecule has 1 aliphatic heterocycles. The fraction of sp³-hybridized carbons (Fsp3) is 0.562. The molecule has 1 heterocycles. The summed E-state index contributed by atoms with van der Waals surface area (Å²) in [5.74, 6) is 0.326. The first-order chi connectivity index (χ1) is 10.2. The average molecular weight is 291 g/mol. The van der Waals surface area contributed by atoms with E-state index in [2.05, 4.69) is 10.2 Å². The maximum Gasteiger partial charge on any atom is 0.244 e. The molecule has 1 aromatic rings. The van der Waals surface area contributed by atoms with Gasteiger partial charge in [-0.05, 0) is 31.5 Å². The zero-order chi connectivity index (χ0) is 15.2. The molecule has 116 valence electrons. The van der Waals surface area contributed by atoms with Crippen LogP contribution in [-0.4, -0.2) is 60.1 Å². The molecule has 0 spiro atoms. The predicted octanol–water partition coefficient (Wildman–Crippen LogP) is 1.21. The summed E-state index contributed by atoms with van der Waals surface area (Å²) in [6, 6.07) is 6.76. The molecule has 5 heteroatoms. The Hall–Kier alpha value is -1.59. The molecule has 0 aliphatic carbocycles. The third-order valence-corrected chi connectivity index (χ3v) is 4.01. The second kappa shape index (κ2) is 7.43. The highest BCUT2D eigenvalue weighted by Gasteiger charge is 2.31. The standard InChI is InChI=1S/C16H25N3O2/c1-3-18(4-2)16(21)15(19-10-8-17-9-11-19)13-6-5-7-14(20)12-13/h5-7,12,15,17,20H,3-4,8-11H2,1-2H3. The van der Waals surface area contributed by atoms with Crippen LogP contribution in [0.2, 0.25) is 0 Å². The lowest BCUT2D eigenvalue weighted by atomic mass is 10.0. The van der Waals surface area contributed by atoms with Gasteiger partial charge in [0.2, 0.25) is 5.91 Å². The van der Waals surface area contributed by atoms with Crippen LogP contribution in [0.4, 0.5) is 0 Å². The van der Waals surface area contributed by atoms with Crippen LogP contribution in [-0.2, 0) is 4.79 Å². The van der Waals surface area contributed by atoms with Gasteiger partial charge in [-0.25, -0.2) is 0 Å². The lowest BCUT2D eigenvalue weighted by molar-refractivity contribution is -0.137. The molecule has 1 unspecified atom stereocenters. The first-order valence-electron chi connectivity index (χ1n) is 7.69. The van der Waals surface area contributed by atoms with E-state index in [1.165, 1.54) is 0 Å². The Morgan fingerprint density at radius 2 is 2.00 bits per heavy atom. The van der Waals surface area contributed by atoms with Crippen LogP contribution < -0.4 is 5.32 Å². The number of nitrogens with zero attached hydrogens (tertiary/aromatic N) is 2. The summed E-state index contributed by atoms with van der Waals surface area (Å²) in [7, 11) is 0. The van der Waals surface area contributed by atoms with Crippen molar-refractivity contribution in [2.75, 3.05) is 39.3 Å². The fourth-order valence-corrected chi connectivity index (χ4v) is 2.85. The van der Waals surface area contributed by atoms with Crippen molar-refractivity contribution in [2.24, 2.45) is 0 Å². The van der Waals surface area contributed by atoms with E-state index in [-0.39, 0.29) is 17.7 Å². The molecular formula is C16H25N3O2. The molecule has 0 radical (unpaired) electrons. The number of hydrogen-bond donors (Lipinski definition) is 2. The van der Waals surface area contributed by atoms with E-state index in [1.807, 2.05) is 24.8 Å². The molecule has 1 amide bonds. The van der Waals surface area contributed by atoms with Gasteiger partial charge in [-0.1, -0.05) is 12.1 Å². The van der Waals surface area contributed by atoms with Crippen LogP contribution in [0.3, 0.4) is 0 Å². The zero-order valence-corrected chi connectivity index (χ0v) is 12.9. The van der Waals surface area contributed by atoms with Gasteiger partial charge < -0.3 is 15.3 Å². The van der Waals surface area contributed by atoms with Gasteiger partial charge in [-0.2, -0.15) is 0 Å². The topological polar surface area (TPSA) is 55.8 Å². The largest absolute Gasteiger partial charge is 0.508 e. The van der Waals surface area contributed by atoms with Crippen LogP contribution in [0.5, 0.6) is 5.75 Å². The smallest absolute Gasteiger partial charge is 0.244 e. The van der Waals surface area contributed by atoms with Gasteiger partial charge in [0.05, 0.1) is 0 Å². The lowest BCUT2D eigenvalue weighted by Crippen LogP contribution is -2.50. The summed E-state index contributed by atoms with van der Waals surface area (Å²) in [6.45, 7) is 8.87. The highest BCUT2D eigenvalue weighted by atomic mass is 16.3. The Balaban J connectivity index is 2.31. The zero-order valence-electron chi connectivity index (χ0n) is 12.9. The molecule has 0 saturated carbocycles. The van der Waals surface area contributed by atoms with E-state index in [0.717, 1.165) is 31.7 Å². The number of nitrogens with one attached hydrogen (secondary N) is 1. The van der Waals surface area contributed by atoms with Crippen molar-refractivity contribution in [1.82, 2.24) is 15.1 Å². The molecule has 2 rings (SSSR count). The third-order valence-electron chi connectivity index (χ3n) is 4.01. The van der Waals surface area contributed by atoms with Gasteiger partial charge in [-0.15, -0.1) is 0 Å². The fourth-order valence-electron chi connectivity index (χ4n) is 2.85. The van der Waals surface area contributed by atoms with Gasteiger partial charge in [0, 0.05) is 39.3 Å². The predicted molar refractivity (Wildman–Crippen MR) is 83.2 cm³/mol. The number of phenols is 1. The van der Waals surface area contributed by atoms with Crippen molar-refractivity contribution in [1.29, 1.82) is 0 Å². The van der Waals surface area contributed by atoms with E-state index in [9.17, 15) is 9.90 Å². The SMILES string of the molecule is CCN(CC)C(=O)C(c1cccc(O)c1)N1CCNCC1. The van der Waals surface area contributed by atoms with E-state index in [4.69, 9.17) is 0 Å². The van der Waals surface area contributed by atoms with Crippen molar-refractivity contribution in [3.05, 3.63) is 29.8 Å². The molecule has 2 N–H and O–H groups in total. The highest BCUT2D eigenvalue weighted by molar-refractivity contribution is 5.83. The normalized spacial score (nSPS) is 17.4. The number of benzene rings is 1. The average Bonchev–Trinajstić information content (AvgIpc) is 2.50. The second-order valence-corrected chi connectivity index (χ2v) is 5.29. The Labute approximate surface area is 126 Å². The van der Waals surface area contributed by atoms with E-state index >= 15 is 0 Å². The minimum atomic E-state index is -0.306. The van der Waals surface area contributed by atoms with Crippen LogP contribution in [0, 0.1) is 0 Å². The van der Waals surface area contributed by atoms with Crippen molar-refractivity contribution in [2.45, 2.75) is 19.9 Å². The Kier molecular flexibility index (Phi) is 5.59. The number of carbonyl (C=O) groups excluding carboxylic acids is 1. The molecule has 1 fully saturated rings. The summed E-state index contributed by atoms with van der Waals surface area (Å²) in [4.78, 5) is 17.0. The lowest BCUT2D eigenvalue weighted by Gasteiger charge is -2.36. The van der Waals surface area contributed by atoms with Crippen molar-refractivity contribution in [3.63, 3.8) is 0 Å². The Bertz CT molecular complexity index is 468. The second-order valence-electron chi connectivity index (χ2n) is 5.29. The number of rotatable bonds is 5. The molecule has 21 heavy (non-hydrogen) atoms. The number of amides is 1. The minimum Gasteiger partial charge on any atom is -0.508 e. The van der Waals surface area contributed by atoms with Crippen LogP contribution in [0.15, 0.2) is 24.3 Å². The van der Waals surface area contributed by atoms with Gasteiger partial charge >= 0.3 is 0 Å². The van der Waals surface area contributed by atoms with Gasteiger partial charge in [0.15, 0.2) is 0 Å². The van der Waals surface area contributed by atoms with Crippen molar-refractivity contribution >= 4 is 5.91 Å². The number of likely N-dealkylation sites (N-methyl/N-ethyl adjacent to an activating group) is 1. The monoisotopic (exact) mass is 291 g/mol. The van der Waals surface area contributed by atoms with Crippen molar-refractivity contribution in [3.8, 4) is 5.75 Å². The molecule has 1 aliphatic rings. The maximum absolute atomic E-state index is 12.9. The molecule has 5 nitrogen and oxygen atoms in total. The van der Waals surface area contributed by atoms with E-state index in [1.54, 1.807) is 18.2 Å². The molecule has 0 aromatic heterocycles. The Morgan fingerprint density at radius 1 is 1.33 bits per heavy atom. The molecule has 0 bridgehead atoms. The van der Waals surface area contributed by atoms with Crippen LogP contribution >= 0.6 is 0 Å². The quantitative estimate of drug-likeness (QED) is 0.856. The summed E-state index contributed by atoms with van der Waals surface area (Å²) in [6.07, 6.45) is 0. The highest BCUT2D eigenvalue weighted by Crippen LogP contribution is 2.26. The van der Waals surface area contributed by atoms with Crippen LogP contribution in [0.1, 0.15) is 25.5 Å². The third kappa shape index (κ3) is 3.74. The molecule has 1 aromatic carbocycles. The number of piperazine rings is 1. The summed E-state index contributed by atoms with van der Waals surface area (Å²) in [5, 5.41) is 13.1. The number of carbonyl (C=O) groups is 1. The number of aromatic hydroxyl groups is 1. The maximum atomic E-state index is 12.9. The Morgan fingerprint density at radius 3 is 2.57 bits per heavy atom. The molecular weight excluding hydrogens is 266 g/mol. The van der Waals surface area contributed by atoms with Crippen LogP contribution in [0.25, 0.3) is 0 Å². The van der Waals surface area contributed by atoms with E-state index in [0.29, 0.717) is 13.1 Å². The summed E-state index contributed by atoms with van der Waals surface area (Å²) < 4.78 is 0. The summed E-state index contributed by atoms with van der Waals surface area (Å²) >= 11 is 0. The molecule has 1 atom stereocenters. The first kappa shape index (κ1) is 15.8. The number of hydrogen-bond acceptors (Lipinski definition) is 4. The van der Waals surface area contributed by atoms with Gasteiger partial charge in [0.25, 0.3) is 0 Å². The van der Waals surface area contributed by atoms with E-state index < -0.39 is 0 Å². The minimum absolute atomic E-state index is 0.118. The molecule has 1 saturated heterocycles.